The molecule has 1 aliphatic rings. The molecule has 0 fully saturated rings. The molecule has 1 aliphatic heterocycles. The normalized spacial score (nSPS) is 15.0. The Hall–Kier alpha value is -2.78. The molecule has 3 aromatic rings. The van der Waals surface area contributed by atoms with Gasteiger partial charge >= 0.3 is 0 Å². The third-order valence-electron chi connectivity index (χ3n) is 3.88. The molecule has 0 aliphatic carbocycles. The van der Waals surface area contributed by atoms with Gasteiger partial charge < -0.3 is 9.84 Å². The van der Waals surface area contributed by atoms with Crippen LogP contribution in [0.25, 0.3) is 11.6 Å². The number of aromatic nitrogens is 3. The number of aryl methyl sites for hydroxylation is 1. The Kier molecular flexibility index (Phi) is 4.17. The SMILES string of the molecule is COc1ccc2c(c1)N=C/C2=C/c1s/c(=N\c2nnc(C)s2)n(C)c1O. The van der Waals surface area contributed by atoms with Gasteiger partial charge in [0.1, 0.15) is 10.8 Å². The van der Waals surface area contributed by atoms with Crippen molar-refractivity contribution in [3.05, 3.63) is 38.4 Å². The number of aliphatic imine (C=N–C) groups is 1. The highest BCUT2D eigenvalue weighted by molar-refractivity contribution is 7.15. The van der Waals surface area contributed by atoms with E-state index in [1.165, 1.54) is 22.7 Å². The molecule has 2 aromatic heterocycles. The second-order valence-corrected chi connectivity index (χ2v) is 7.76. The van der Waals surface area contributed by atoms with Gasteiger partial charge in [-0.3, -0.25) is 9.56 Å². The smallest absolute Gasteiger partial charge is 0.234 e. The first-order valence-electron chi connectivity index (χ1n) is 7.73. The van der Waals surface area contributed by atoms with Crippen molar-refractivity contribution >= 4 is 51.4 Å². The summed E-state index contributed by atoms with van der Waals surface area (Å²) in [4.78, 5) is 10.2. The summed E-state index contributed by atoms with van der Waals surface area (Å²) in [5, 5.41) is 19.9. The lowest BCUT2D eigenvalue weighted by molar-refractivity contribution is 0.415. The second-order valence-electron chi connectivity index (χ2n) is 5.59. The van der Waals surface area contributed by atoms with Crippen LogP contribution in [0.4, 0.5) is 10.8 Å². The molecule has 0 atom stereocenters. The minimum absolute atomic E-state index is 0.151. The maximum atomic E-state index is 10.5. The molecule has 0 unspecified atom stereocenters. The Balaban J connectivity index is 1.75. The highest BCUT2D eigenvalue weighted by atomic mass is 32.1. The van der Waals surface area contributed by atoms with E-state index >= 15 is 0 Å². The van der Waals surface area contributed by atoms with Crippen LogP contribution in [0.1, 0.15) is 15.4 Å². The predicted molar refractivity (Wildman–Crippen MR) is 104 cm³/mol. The number of methoxy groups -OCH3 is 1. The first-order chi connectivity index (χ1) is 12.5. The van der Waals surface area contributed by atoms with E-state index in [9.17, 15) is 5.11 Å². The summed E-state index contributed by atoms with van der Waals surface area (Å²) < 4.78 is 6.87. The van der Waals surface area contributed by atoms with Crippen molar-refractivity contribution in [3.8, 4) is 11.6 Å². The van der Waals surface area contributed by atoms with E-state index in [1.807, 2.05) is 31.2 Å². The van der Waals surface area contributed by atoms with Crippen molar-refractivity contribution in [2.45, 2.75) is 6.92 Å². The van der Waals surface area contributed by atoms with Crippen molar-refractivity contribution in [2.24, 2.45) is 17.0 Å². The van der Waals surface area contributed by atoms with Crippen molar-refractivity contribution < 1.29 is 9.84 Å². The number of ether oxygens (including phenoxy) is 1. The third-order valence-corrected chi connectivity index (χ3v) is 5.68. The highest BCUT2D eigenvalue weighted by Gasteiger charge is 2.16. The maximum Gasteiger partial charge on any atom is 0.234 e. The van der Waals surface area contributed by atoms with Gasteiger partial charge in [0.2, 0.25) is 11.0 Å². The highest BCUT2D eigenvalue weighted by Crippen LogP contribution is 2.36. The van der Waals surface area contributed by atoms with Crippen LogP contribution < -0.4 is 9.54 Å². The molecule has 9 heteroatoms. The number of rotatable bonds is 3. The molecule has 4 rings (SSSR count). The van der Waals surface area contributed by atoms with Gasteiger partial charge in [0.05, 0.1) is 17.7 Å². The lowest BCUT2D eigenvalue weighted by Crippen LogP contribution is -2.08. The fourth-order valence-electron chi connectivity index (χ4n) is 2.53. The van der Waals surface area contributed by atoms with Crippen LogP contribution in [-0.4, -0.2) is 33.2 Å². The fourth-order valence-corrected chi connectivity index (χ4v) is 4.11. The van der Waals surface area contributed by atoms with Crippen LogP contribution in [0.5, 0.6) is 11.6 Å². The number of allylic oxidation sites excluding steroid dienone is 1. The molecule has 1 N–H and O–H groups in total. The van der Waals surface area contributed by atoms with Crippen LogP contribution in [0.2, 0.25) is 0 Å². The van der Waals surface area contributed by atoms with E-state index in [0.29, 0.717) is 14.8 Å². The van der Waals surface area contributed by atoms with Crippen molar-refractivity contribution in [2.75, 3.05) is 7.11 Å². The lowest BCUT2D eigenvalue weighted by Gasteiger charge is -2.03. The zero-order chi connectivity index (χ0) is 18.3. The molecule has 0 amide bonds. The van der Waals surface area contributed by atoms with Crippen LogP contribution in [0.3, 0.4) is 0 Å². The second kappa shape index (κ2) is 6.50. The van der Waals surface area contributed by atoms with Gasteiger partial charge in [-0.05, 0) is 25.1 Å². The van der Waals surface area contributed by atoms with E-state index in [4.69, 9.17) is 4.74 Å². The number of benzene rings is 1. The number of hydrogen-bond acceptors (Lipinski definition) is 8. The Bertz CT molecular complexity index is 1120. The average Bonchev–Trinajstić information content (AvgIpc) is 3.30. The fraction of sp³-hybridized carbons (Fsp3) is 0.176. The zero-order valence-corrected chi connectivity index (χ0v) is 15.9. The first-order valence-corrected chi connectivity index (χ1v) is 9.36. The Labute approximate surface area is 157 Å². The molecule has 0 radical (unpaired) electrons. The van der Waals surface area contributed by atoms with E-state index in [0.717, 1.165) is 27.6 Å². The van der Waals surface area contributed by atoms with Crippen LogP contribution in [-0.2, 0) is 7.05 Å². The molecular formula is C17H15N5O2S2. The van der Waals surface area contributed by atoms with Gasteiger partial charge in [-0.2, -0.15) is 4.99 Å². The van der Waals surface area contributed by atoms with Crippen LogP contribution in [0, 0.1) is 6.92 Å². The molecule has 3 heterocycles. The van der Waals surface area contributed by atoms with E-state index in [1.54, 1.807) is 24.9 Å². The van der Waals surface area contributed by atoms with Gasteiger partial charge in [0, 0.05) is 30.5 Å². The number of aromatic hydroxyl groups is 1. The summed E-state index contributed by atoms with van der Waals surface area (Å²) >= 11 is 2.79. The molecule has 0 bridgehead atoms. The van der Waals surface area contributed by atoms with Gasteiger partial charge in [0.15, 0.2) is 4.80 Å². The quantitative estimate of drug-likeness (QED) is 0.748. The first kappa shape index (κ1) is 16.7. The molecule has 0 saturated carbocycles. The van der Waals surface area contributed by atoms with Gasteiger partial charge in [-0.1, -0.05) is 22.7 Å². The summed E-state index contributed by atoms with van der Waals surface area (Å²) in [5.41, 5.74) is 2.78. The van der Waals surface area contributed by atoms with Crippen LogP contribution in [0.15, 0.2) is 28.2 Å². The molecule has 0 spiro atoms. The summed E-state index contributed by atoms with van der Waals surface area (Å²) in [7, 11) is 3.40. The minimum Gasteiger partial charge on any atom is -0.497 e. The largest absolute Gasteiger partial charge is 0.497 e. The Morgan fingerprint density at radius 1 is 1.27 bits per heavy atom. The summed E-state index contributed by atoms with van der Waals surface area (Å²) in [6.45, 7) is 1.88. The molecule has 7 nitrogen and oxygen atoms in total. The predicted octanol–water partition coefficient (Wildman–Crippen LogP) is 3.45. The standard InChI is InChI=1S/C17H15N5O2S2/c1-9-20-21-16(25-9)19-17-22(2)15(23)14(26-17)6-10-8-18-13-7-11(24-3)4-5-12(10)13/h4-8,23H,1-3H3/b10-6-,19-17-. The number of thiazole rings is 1. The number of hydrogen-bond donors (Lipinski definition) is 1. The van der Waals surface area contributed by atoms with Crippen LogP contribution >= 0.6 is 22.7 Å². The molecule has 132 valence electrons. The minimum atomic E-state index is 0.151. The molecular weight excluding hydrogens is 370 g/mol. The molecule has 1 aromatic carbocycles. The molecule has 0 saturated heterocycles. The topological polar surface area (TPSA) is 84.9 Å². The van der Waals surface area contributed by atoms with Crippen molar-refractivity contribution in [1.29, 1.82) is 0 Å². The maximum absolute atomic E-state index is 10.5. The Morgan fingerprint density at radius 2 is 2.12 bits per heavy atom. The van der Waals surface area contributed by atoms with Gasteiger partial charge in [-0.15, -0.1) is 10.2 Å². The number of fused-ring (bicyclic) bond motifs is 1. The van der Waals surface area contributed by atoms with E-state index in [2.05, 4.69) is 20.2 Å². The van der Waals surface area contributed by atoms with E-state index in [-0.39, 0.29) is 5.88 Å². The summed E-state index contributed by atoms with van der Waals surface area (Å²) in [6, 6.07) is 5.75. The van der Waals surface area contributed by atoms with E-state index < -0.39 is 0 Å². The summed E-state index contributed by atoms with van der Waals surface area (Å²) in [6.07, 6.45) is 3.69. The van der Waals surface area contributed by atoms with Gasteiger partial charge in [0.25, 0.3) is 0 Å². The zero-order valence-electron chi connectivity index (χ0n) is 14.3. The summed E-state index contributed by atoms with van der Waals surface area (Å²) in [5.74, 6) is 0.916. The number of nitrogens with zero attached hydrogens (tertiary/aromatic N) is 5. The van der Waals surface area contributed by atoms with Crippen molar-refractivity contribution in [3.63, 3.8) is 0 Å². The Morgan fingerprint density at radius 3 is 2.85 bits per heavy atom. The van der Waals surface area contributed by atoms with Crippen molar-refractivity contribution in [1.82, 2.24) is 14.8 Å². The third kappa shape index (κ3) is 2.95. The monoisotopic (exact) mass is 385 g/mol. The average molecular weight is 385 g/mol. The lowest BCUT2D eigenvalue weighted by atomic mass is 10.1. The molecule has 26 heavy (non-hydrogen) atoms. The van der Waals surface area contributed by atoms with Gasteiger partial charge in [-0.25, -0.2) is 0 Å².